The van der Waals surface area contributed by atoms with Crippen molar-refractivity contribution < 1.29 is 9.53 Å². The van der Waals surface area contributed by atoms with Gasteiger partial charge in [-0.15, -0.1) is 0 Å². The van der Waals surface area contributed by atoms with Crippen LogP contribution in [0.15, 0.2) is 24.5 Å². The summed E-state index contributed by atoms with van der Waals surface area (Å²) in [4.78, 5) is 18.7. The number of ether oxygens (including phenoxy) is 1. The Morgan fingerprint density at radius 2 is 2.00 bits per heavy atom. The minimum Gasteiger partial charge on any atom is -0.483 e. The number of aryl methyl sites for hydroxylation is 3. The summed E-state index contributed by atoms with van der Waals surface area (Å²) in [5.74, 6) is 1.34. The molecule has 0 spiro atoms. The van der Waals surface area contributed by atoms with Crippen molar-refractivity contribution in [2.45, 2.75) is 27.3 Å². The molecular weight excluding hydrogens is 254 g/mol. The molecule has 0 unspecified atom stereocenters. The number of carbonyl (C=O) groups is 1. The van der Waals surface area contributed by atoms with Gasteiger partial charge in [0.2, 0.25) is 0 Å². The summed E-state index contributed by atoms with van der Waals surface area (Å²) in [7, 11) is 0. The summed E-state index contributed by atoms with van der Waals surface area (Å²) in [5.41, 5.74) is 3.28. The predicted octanol–water partition coefficient (Wildman–Crippen LogP) is 2.03. The topological polar surface area (TPSA) is 67.0 Å². The molecule has 20 heavy (non-hydrogen) atoms. The van der Waals surface area contributed by atoms with Crippen LogP contribution >= 0.6 is 0 Å². The van der Waals surface area contributed by atoms with Crippen molar-refractivity contribution in [3.05, 3.63) is 47.0 Å². The highest BCUT2D eigenvalue weighted by molar-refractivity contribution is 5.77. The molecule has 0 saturated heterocycles. The molecule has 0 atom stereocenters. The third kappa shape index (κ3) is 3.60. The molecule has 2 aromatic rings. The number of hydrogen-bond acceptors (Lipinski definition) is 3. The van der Waals surface area contributed by atoms with Gasteiger partial charge in [0, 0.05) is 12.4 Å². The Labute approximate surface area is 118 Å². The maximum absolute atomic E-state index is 11.7. The van der Waals surface area contributed by atoms with Crippen LogP contribution in [-0.2, 0) is 11.3 Å². The second-order valence-electron chi connectivity index (χ2n) is 4.83. The van der Waals surface area contributed by atoms with Crippen LogP contribution in [0.3, 0.4) is 0 Å². The first-order valence-electron chi connectivity index (χ1n) is 6.52. The van der Waals surface area contributed by atoms with Crippen LogP contribution in [0.2, 0.25) is 0 Å². The third-order valence-electron chi connectivity index (χ3n) is 2.96. The van der Waals surface area contributed by atoms with E-state index in [0.29, 0.717) is 6.54 Å². The summed E-state index contributed by atoms with van der Waals surface area (Å²) in [6.07, 6.45) is 3.37. The predicted molar refractivity (Wildman–Crippen MR) is 76.6 cm³/mol. The average molecular weight is 273 g/mol. The molecule has 5 nitrogen and oxygen atoms in total. The fourth-order valence-electron chi connectivity index (χ4n) is 2.16. The first kappa shape index (κ1) is 14.1. The number of nitrogens with one attached hydrogen (secondary N) is 2. The summed E-state index contributed by atoms with van der Waals surface area (Å²) in [6.45, 7) is 6.39. The lowest BCUT2D eigenvalue weighted by molar-refractivity contribution is -0.123. The van der Waals surface area contributed by atoms with Crippen molar-refractivity contribution in [1.82, 2.24) is 15.3 Å². The summed E-state index contributed by atoms with van der Waals surface area (Å²) in [5, 5.41) is 2.75. The summed E-state index contributed by atoms with van der Waals surface area (Å²) in [6, 6.07) is 4.09. The zero-order valence-electron chi connectivity index (χ0n) is 12.0. The van der Waals surface area contributed by atoms with E-state index < -0.39 is 0 Å². The molecule has 106 valence electrons. The molecule has 1 amide bonds. The fraction of sp³-hybridized carbons (Fsp3) is 0.333. The van der Waals surface area contributed by atoms with Crippen molar-refractivity contribution in [3.63, 3.8) is 0 Å². The maximum Gasteiger partial charge on any atom is 0.258 e. The SMILES string of the molecule is Cc1cc(C)c(OCC(=O)NCc2ncc[nH]2)c(C)c1. The molecule has 0 bridgehead atoms. The van der Waals surface area contributed by atoms with Gasteiger partial charge in [-0.05, 0) is 31.9 Å². The molecule has 0 saturated carbocycles. The van der Waals surface area contributed by atoms with Gasteiger partial charge in [0.25, 0.3) is 5.91 Å². The monoisotopic (exact) mass is 273 g/mol. The standard InChI is InChI=1S/C15H19N3O2/c1-10-6-11(2)15(12(3)7-10)20-9-14(19)18-8-13-16-4-5-17-13/h4-7H,8-9H2,1-3H3,(H,16,17)(H,18,19). The van der Waals surface area contributed by atoms with Gasteiger partial charge in [0.05, 0.1) is 6.54 Å². The normalized spacial score (nSPS) is 10.3. The zero-order valence-corrected chi connectivity index (χ0v) is 12.0. The van der Waals surface area contributed by atoms with Crippen LogP contribution < -0.4 is 10.1 Å². The Morgan fingerprint density at radius 3 is 2.60 bits per heavy atom. The quantitative estimate of drug-likeness (QED) is 0.876. The molecule has 0 aliphatic carbocycles. The number of H-pyrrole nitrogens is 1. The molecule has 0 radical (unpaired) electrons. The Hall–Kier alpha value is -2.30. The van der Waals surface area contributed by atoms with Crippen LogP contribution in [0.1, 0.15) is 22.5 Å². The molecule has 2 N–H and O–H groups in total. The smallest absolute Gasteiger partial charge is 0.258 e. The van der Waals surface area contributed by atoms with Crippen LogP contribution in [0.5, 0.6) is 5.75 Å². The first-order chi connectivity index (χ1) is 9.56. The van der Waals surface area contributed by atoms with E-state index in [0.717, 1.165) is 22.7 Å². The average Bonchev–Trinajstić information content (AvgIpc) is 2.88. The highest BCUT2D eigenvalue weighted by atomic mass is 16.5. The number of aromatic nitrogens is 2. The van der Waals surface area contributed by atoms with Crippen molar-refractivity contribution in [3.8, 4) is 5.75 Å². The van der Waals surface area contributed by atoms with Crippen molar-refractivity contribution >= 4 is 5.91 Å². The minimum absolute atomic E-state index is 0.00541. The Morgan fingerprint density at radius 1 is 1.30 bits per heavy atom. The molecule has 2 rings (SSSR count). The molecule has 0 aliphatic heterocycles. The van der Waals surface area contributed by atoms with Gasteiger partial charge < -0.3 is 15.0 Å². The third-order valence-corrected chi connectivity index (χ3v) is 2.96. The fourth-order valence-corrected chi connectivity index (χ4v) is 2.16. The molecule has 1 aromatic heterocycles. The van der Waals surface area contributed by atoms with E-state index >= 15 is 0 Å². The van der Waals surface area contributed by atoms with Crippen molar-refractivity contribution in [1.29, 1.82) is 0 Å². The molecule has 0 aliphatic rings. The maximum atomic E-state index is 11.7. The number of nitrogens with zero attached hydrogens (tertiary/aromatic N) is 1. The molecule has 0 fully saturated rings. The van der Waals surface area contributed by atoms with E-state index in [2.05, 4.69) is 15.3 Å². The molecule has 5 heteroatoms. The number of amides is 1. The van der Waals surface area contributed by atoms with Crippen LogP contribution in [0.25, 0.3) is 0 Å². The number of benzene rings is 1. The Kier molecular flexibility index (Phi) is 4.40. The number of carbonyl (C=O) groups excluding carboxylic acids is 1. The highest BCUT2D eigenvalue weighted by Crippen LogP contribution is 2.24. The lowest BCUT2D eigenvalue weighted by Gasteiger charge is -2.12. The lowest BCUT2D eigenvalue weighted by Crippen LogP contribution is -2.29. The first-order valence-corrected chi connectivity index (χ1v) is 6.52. The van der Waals surface area contributed by atoms with E-state index in [-0.39, 0.29) is 12.5 Å². The van der Waals surface area contributed by atoms with Gasteiger partial charge >= 0.3 is 0 Å². The number of aromatic amines is 1. The van der Waals surface area contributed by atoms with E-state index in [1.54, 1.807) is 12.4 Å². The number of hydrogen-bond donors (Lipinski definition) is 2. The van der Waals surface area contributed by atoms with Crippen molar-refractivity contribution in [2.75, 3.05) is 6.61 Å². The minimum atomic E-state index is -0.166. The van der Waals surface area contributed by atoms with Gasteiger partial charge in [-0.2, -0.15) is 0 Å². The van der Waals surface area contributed by atoms with E-state index in [1.165, 1.54) is 5.56 Å². The summed E-state index contributed by atoms with van der Waals surface area (Å²) >= 11 is 0. The molecule has 1 aromatic carbocycles. The number of rotatable bonds is 5. The van der Waals surface area contributed by atoms with Crippen LogP contribution in [-0.4, -0.2) is 22.5 Å². The second-order valence-corrected chi connectivity index (χ2v) is 4.83. The van der Waals surface area contributed by atoms with Gasteiger partial charge in [-0.3, -0.25) is 4.79 Å². The van der Waals surface area contributed by atoms with E-state index in [9.17, 15) is 4.79 Å². The molecule has 1 heterocycles. The van der Waals surface area contributed by atoms with Crippen molar-refractivity contribution in [2.24, 2.45) is 0 Å². The van der Waals surface area contributed by atoms with Crippen LogP contribution in [0.4, 0.5) is 0 Å². The summed E-state index contributed by atoms with van der Waals surface area (Å²) < 4.78 is 5.61. The highest BCUT2D eigenvalue weighted by Gasteiger charge is 2.08. The Bertz CT molecular complexity index is 568. The Balaban J connectivity index is 1.87. The largest absolute Gasteiger partial charge is 0.483 e. The van der Waals surface area contributed by atoms with E-state index in [4.69, 9.17) is 4.74 Å². The van der Waals surface area contributed by atoms with Gasteiger partial charge in [0.1, 0.15) is 11.6 Å². The van der Waals surface area contributed by atoms with Crippen LogP contribution in [0, 0.1) is 20.8 Å². The van der Waals surface area contributed by atoms with Gasteiger partial charge in [-0.25, -0.2) is 4.98 Å². The lowest BCUT2D eigenvalue weighted by atomic mass is 10.1. The molecular formula is C15H19N3O2. The van der Waals surface area contributed by atoms with E-state index in [1.807, 2.05) is 32.9 Å². The zero-order chi connectivity index (χ0) is 14.5. The second kappa shape index (κ2) is 6.23. The van der Waals surface area contributed by atoms with Gasteiger partial charge in [-0.1, -0.05) is 17.7 Å². The number of imidazole rings is 1. The van der Waals surface area contributed by atoms with Gasteiger partial charge in [0.15, 0.2) is 6.61 Å².